The summed E-state index contributed by atoms with van der Waals surface area (Å²) < 4.78 is 6.84. The average Bonchev–Trinajstić information content (AvgIpc) is 3.26. The number of ether oxygens (including phenoxy) is 1. The van der Waals surface area contributed by atoms with Gasteiger partial charge in [-0.05, 0) is 53.4 Å². The molecular weight excluding hydrogens is 412 g/mol. The van der Waals surface area contributed by atoms with Crippen molar-refractivity contribution in [1.82, 2.24) is 9.38 Å². The molecule has 158 valence electrons. The van der Waals surface area contributed by atoms with Crippen LogP contribution in [0.1, 0.15) is 15.9 Å². The van der Waals surface area contributed by atoms with Gasteiger partial charge in [0.1, 0.15) is 11.4 Å². The van der Waals surface area contributed by atoms with E-state index in [9.17, 15) is 9.59 Å². The van der Waals surface area contributed by atoms with Crippen molar-refractivity contribution in [2.24, 2.45) is 0 Å². The van der Waals surface area contributed by atoms with E-state index in [0.29, 0.717) is 16.6 Å². The second-order valence-electron chi connectivity index (χ2n) is 7.92. The first-order valence-corrected chi connectivity index (χ1v) is 10.6. The summed E-state index contributed by atoms with van der Waals surface area (Å²) in [4.78, 5) is 31.3. The Kier molecular flexibility index (Phi) is 4.23. The summed E-state index contributed by atoms with van der Waals surface area (Å²) in [6.45, 7) is 0. The molecule has 0 N–H and O–H groups in total. The number of aromatic nitrogens is 2. The highest BCUT2D eigenvalue weighted by atomic mass is 16.5. The number of methoxy groups -OCH3 is 1. The molecule has 2 aromatic heterocycles. The van der Waals surface area contributed by atoms with Crippen molar-refractivity contribution in [3.8, 4) is 5.75 Å². The van der Waals surface area contributed by atoms with Crippen molar-refractivity contribution < 1.29 is 9.53 Å². The molecule has 0 radical (unpaired) electrons. The molecule has 0 saturated carbocycles. The Morgan fingerprint density at radius 2 is 1.67 bits per heavy atom. The quantitative estimate of drug-likeness (QED) is 0.274. The first kappa shape index (κ1) is 19.2. The first-order valence-electron chi connectivity index (χ1n) is 10.6. The van der Waals surface area contributed by atoms with E-state index in [1.165, 1.54) is 0 Å². The fourth-order valence-corrected chi connectivity index (χ4v) is 4.50. The van der Waals surface area contributed by atoms with Gasteiger partial charge in [0.05, 0.1) is 18.1 Å². The van der Waals surface area contributed by atoms with Crippen LogP contribution in [-0.2, 0) is 0 Å². The van der Waals surface area contributed by atoms with Crippen LogP contribution in [0.25, 0.3) is 44.3 Å². The predicted molar refractivity (Wildman–Crippen MR) is 132 cm³/mol. The van der Waals surface area contributed by atoms with Crippen LogP contribution in [0, 0.1) is 0 Å². The third kappa shape index (κ3) is 2.90. The molecule has 5 heteroatoms. The van der Waals surface area contributed by atoms with Gasteiger partial charge < -0.3 is 4.74 Å². The number of para-hydroxylation sites is 2. The number of ketones is 1. The number of carbonyl (C=O) groups excluding carboxylic acids is 1. The highest BCUT2D eigenvalue weighted by molar-refractivity contribution is 6.23. The van der Waals surface area contributed by atoms with Crippen LogP contribution in [0.2, 0.25) is 0 Å². The number of hydrogen-bond donors (Lipinski definition) is 0. The minimum atomic E-state index is -0.129. The van der Waals surface area contributed by atoms with Gasteiger partial charge in [-0.3, -0.25) is 14.0 Å². The van der Waals surface area contributed by atoms with Gasteiger partial charge >= 0.3 is 0 Å². The summed E-state index contributed by atoms with van der Waals surface area (Å²) in [5, 5.41) is 2.95. The number of nitrogens with zero attached hydrogens (tertiary/aromatic N) is 2. The maximum atomic E-state index is 13.4. The third-order valence-corrected chi connectivity index (χ3v) is 6.08. The first-order chi connectivity index (χ1) is 16.2. The number of hydrogen-bond acceptors (Lipinski definition) is 4. The highest BCUT2D eigenvalue weighted by Gasteiger charge is 2.18. The second kappa shape index (κ2) is 7.28. The molecule has 0 atom stereocenters. The van der Waals surface area contributed by atoms with E-state index in [1.54, 1.807) is 35.8 Å². The Hall–Kier alpha value is -4.51. The molecule has 0 aliphatic rings. The van der Waals surface area contributed by atoms with Gasteiger partial charge in [0, 0.05) is 21.7 Å². The molecule has 0 bridgehead atoms. The minimum absolute atomic E-state index is 0.124. The van der Waals surface area contributed by atoms with Crippen LogP contribution in [0.15, 0.2) is 89.7 Å². The van der Waals surface area contributed by atoms with E-state index in [0.717, 1.165) is 38.5 Å². The van der Waals surface area contributed by atoms with Gasteiger partial charge in [0.2, 0.25) is 0 Å². The van der Waals surface area contributed by atoms with E-state index in [2.05, 4.69) is 0 Å². The minimum Gasteiger partial charge on any atom is -0.497 e. The number of rotatable bonds is 4. The van der Waals surface area contributed by atoms with Crippen molar-refractivity contribution in [3.63, 3.8) is 0 Å². The summed E-state index contributed by atoms with van der Waals surface area (Å²) in [7, 11) is 1.62. The van der Waals surface area contributed by atoms with E-state index in [-0.39, 0.29) is 11.3 Å². The molecule has 4 aromatic carbocycles. The SMILES string of the molecule is COc1ccc(/C=C\C(=O)c2ccc3c(=O)n4c5ccccc5nc4c4cccc2c34)cc1. The number of carbonyl (C=O) groups is 1. The molecule has 6 aromatic rings. The maximum absolute atomic E-state index is 13.4. The largest absolute Gasteiger partial charge is 0.497 e. The Morgan fingerprint density at radius 3 is 2.48 bits per heavy atom. The van der Waals surface area contributed by atoms with Crippen LogP contribution in [0.3, 0.4) is 0 Å². The van der Waals surface area contributed by atoms with Crippen LogP contribution >= 0.6 is 0 Å². The number of benzene rings is 4. The summed E-state index contributed by atoms with van der Waals surface area (Å²) in [5.41, 5.74) is 3.48. The van der Waals surface area contributed by atoms with Gasteiger partial charge in [0.15, 0.2) is 5.78 Å². The van der Waals surface area contributed by atoms with Crippen molar-refractivity contribution in [2.75, 3.05) is 7.11 Å². The van der Waals surface area contributed by atoms with Crippen LogP contribution < -0.4 is 10.3 Å². The summed E-state index contributed by atoms with van der Waals surface area (Å²) >= 11 is 0. The Bertz CT molecular complexity index is 1780. The number of allylic oxidation sites excluding steroid dienone is 1. The van der Waals surface area contributed by atoms with Crippen molar-refractivity contribution in [1.29, 1.82) is 0 Å². The van der Waals surface area contributed by atoms with Gasteiger partial charge in [-0.1, -0.05) is 48.5 Å². The van der Waals surface area contributed by atoms with Gasteiger partial charge in [-0.15, -0.1) is 0 Å². The lowest BCUT2D eigenvalue weighted by Gasteiger charge is -2.10. The molecule has 33 heavy (non-hydrogen) atoms. The summed E-state index contributed by atoms with van der Waals surface area (Å²) in [6.07, 6.45) is 3.34. The Labute approximate surface area is 188 Å². The third-order valence-electron chi connectivity index (χ3n) is 6.08. The number of pyridine rings is 1. The van der Waals surface area contributed by atoms with E-state index < -0.39 is 0 Å². The number of imidazole rings is 1. The molecule has 6 rings (SSSR count). The van der Waals surface area contributed by atoms with Crippen LogP contribution in [0.5, 0.6) is 5.75 Å². The molecule has 5 nitrogen and oxygen atoms in total. The standard InChI is InChI=1S/C28H18N2O3/c1-33-18-12-9-17(10-13-18)11-16-25(31)19-14-15-22-26-20(19)5-4-6-21(26)27-29-23-7-2-3-8-24(23)30(27)28(22)32/h2-16H,1H3/b16-11-. The van der Waals surface area contributed by atoms with Crippen LogP contribution in [-0.4, -0.2) is 22.3 Å². The summed E-state index contributed by atoms with van der Waals surface area (Å²) in [5.74, 6) is 0.638. The fraction of sp³-hybridized carbons (Fsp3) is 0.0357. The molecule has 2 heterocycles. The van der Waals surface area contributed by atoms with E-state index in [4.69, 9.17) is 9.72 Å². The van der Waals surface area contributed by atoms with Crippen molar-refractivity contribution >= 4 is 50.1 Å². The zero-order valence-corrected chi connectivity index (χ0v) is 17.8. The lowest BCUT2D eigenvalue weighted by Crippen LogP contribution is -2.13. The molecular formula is C28H18N2O3. The molecule has 0 fully saturated rings. The van der Waals surface area contributed by atoms with Crippen molar-refractivity contribution in [2.45, 2.75) is 0 Å². The topological polar surface area (TPSA) is 60.7 Å². The Balaban J connectivity index is 1.55. The van der Waals surface area contributed by atoms with Crippen LogP contribution in [0.4, 0.5) is 0 Å². The smallest absolute Gasteiger partial charge is 0.264 e. The highest BCUT2D eigenvalue weighted by Crippen LogP contribution is 2.31. The molecule has 0 saturated heterocycles. The molecule has 0 unspecified atom stereocenters. The van der Waals surface area contributed by atoms with E-state index in [1.807, 2.05) is 66.7 Å². The lowest BCUT2D eigenvalue weighted by atomic mass is 9.95. The van der Waals surface area contributed by atoms with Gasteiger partial charge in [0.25, 0.3) is 5.56 Å². The molecule has 0 amide bonds. The second-order valence-corrected chi connectivity index (χ2v) is 7.92. The molecule has 0 spiro atoms. The predicted octanol–water partition coefficient (Wildman–Crippen LogP) is 5.50. The zero-order chi connectivity index (χ0) is 22.5. The molecule has 0 aliphatic heterocycles. The molecule has 0 aliphatic carbocycles. The normalized spacial score (nSPS) is 11.9. The van der Waals surface area contributed by atoms with Gasteiger partial charge in [-0.2, -0.15) is 0 Å². The van der Waals surface area contributed by atoms with Gasteiger partial charge in [-0.25, -0.2) is 4.98 Å². The maximum Gasteiger partial charge on any atom is 0.264 e. The van der Waals surface area contributed by atoms with E-state index >= 15 is 0 Å². The Morgan fingerprint density at radius 1 is 0.879 bits per heavy atom. The zero-order valence-electron chi connectivity index (χ0n) is 17.8. The monoisotopic (exact) mass is 430 g/mol. The average molecular weight is 430 g/mol. The van der Waals surface area contributed by atoms with Crippen molar-refractivity contribution in [3.05, 3.63) is 106 Å². The summed E-state index contributed by atoms with van der Waals surface area (Å²) in [6, 6.07) is 24.3. The fourth-order valence-electron chi connectivity index (χ4n) is 4.50. The lowest BCUT2D eigenvalue weighted by molar-refractivity contribution is 0.104. The number of fused-ring (bicyclic) bond motifs is 4.